The summed E-state index contributed by atoms with van der Waals surface area (Å²) in [5.74, 6) is 1.43. The summed E-state index contributed by atoms with van der Waals surface area (Å²) < 4.78 is 0. The first-order chi connectivity index (χ1) is 54.5. The highest BCUT2D eigenvalue weighted by Crippen LogP contribution is 2.46. The molecule has 110 heavy (non-hydrogen) atoms. The normalized spacial score (nSPS) is 11.7. The minimum Gasteiger partial charge on any atom is -0.311 e. The van der Waals surface area contributed by atoms with Gasteiger partial charge in [0.1, 0.15) is 0 Å². The Bertz CT molecular complexity index is 6570. The van der Waals surface area contributed by atoms with Crippen LogP contribution in [-0.4, -0.2) is 19.9 Å². The highest BCUT2D eigenvalue weighted by Gasteiger charge is 2.25. The van der Waals surface area contributed by atoms with Crippen molar-refractivity contribution in [1.29, 1.82) is 0 Å². The van der Waals surface area contributed by atoms with Crippen molar-refractivity contribution >= 4 is 77.5 Å². The van der Waals surface area contributed by atoms with Crippen molar-refractivity contribution in [2.75, 3.05) is 9.80 Å². The lowest BCUT2D eigenvalue weighted by Gasteiger charge is -2.26. The Balaban J connectivity index is 0.000000145. The third-order valence-corrected chi connectivity index (χ3v) is 21.7. The van der Waals surface area contributed by atoms with Crippen LogP contribution in [0.5, 0.6) is 0 Å². The van der Waals surface area contributed by atoms with Gasteiger partial charge in [-0.3, -0.25) is 0 Å². The number of hydrogen-bond acceptors (Lipinski definition) is 6. The van der Waals surface area contributed by atoms with E-state index in [0.29, 0.717) is 11.6 Å². The van der Waals surface area contributed by atoms with Crippen LogP contribution in [0.15, 0.2) is 400 Å². The van der Waals surface area contributed by atoms with E-state index >= 15 is 0 Å². The molecule has 0 N–H and O–H groups in total. The maximum Gasteiger partial charge on any atom is 0.160 e. The van der Waals surface area contributed by atoms with Crippen LogP contribution >= 0.6 is 0 Å². The molecule has 0 saturated heterocycles. The van der Waals surface area contributed by atoms with Gasteiger partial charge >= 0.3 is 0 Å². The molecule has 0 fully saturated rings. The number of benzene rings is 17. The Morgan fingerprint density at radius 3 is 0.800 bits per heavy atom. The Morgan fingerprint density at radius 2 is 0.445 bits per heavy atom. The summed E-state index contributed by atoms with van der Waals surface area (Å²) in [5, 5.41) is 7.24. The average molecular weight is 1400 g/mol. The summed E-state index contributed by atoms with van der Waals surface area (Å²) >= 11 is 0. The van der Waals surface area contributed by atoms with Gasteiger partial charge in [-0.25, -0.2) is 19.9 Å². The molecule has 0 spiro atoms. The van der Waals surface area contributed by atoms with Crippen LogP contribution in [0, 0.1) is 0 Å². The molecule has 0 unspecified atom stereocenters. The largest absolute Gasteiger partial charge is 0.311 e. The van der Waals surface area contributed by atoms with Gasteiger partial charge in [0.25, 0.3) is 0 Å². The van der Waals surface area contributed by atoms with Gasteiger partial charge in [0, 0.05) is 67.2 Å². The molecule has 0 atom stereocenters. The molecule has 2 heterocycles. The van der Waals surface area contributed by atoms with E-state index in [1.165, 1.54) is 99.4 Å². The number of rotatable bonds is 13. The van der Waals surface area contributed by atoms with Crippen molar-refractivity contribution in [3.63, 3.8) is 0 Å². The molecule has 21 rings (SSSR count). The van der Waals surface area contributed by atoms with E-state index in [2.05, 4.69) is 410 Å². The number of hydrogen-bond donors (Lipinski definition) is 0. The number of fused-ring (bicyclic) bond motifs is 10. The molecule has 0 saturated carbocycles. The fourth-order valence-corrected chi connectivity index (χ4v) is 16.2. The molecule has 0 bridgehead atoms. The molecular formula is C104H70N6. The summed E-state index contributed by atoms with van der Waals surface area (Å²) in [4.78, 5) is 25.4. The van der Waals surface area contributed by atoms with Crippen molar-refractivity contribution in [3.8, 4) is 101 Å². The Morgan fingerprint density at radius 1 is 0.182 bits per heavy atom. The summed E-state index contributed by atoms with van der Waals surface area (Å²) in [7, 11) is 0. The molecule has 2 aliphatic rings. The maximum absolute atomic E-state index is 5.30. The highest BCUT2D eigenvalue weighted by atomic mass is 15.1. The van der Waals surface area contributed by atoms with Gasteiger partial charge < -0.3 is 9.80 Å². The van der Waals surface area contributed by atoms with E-state index in [0.717, 1.165) is 102 Å². The molecule has 2 aromatic heterocycles. The molecular weight excluding hydrogens is 1330 g/mol. The van der Waals surface area contributed by atoms with Crippen molar-refractivity contribution < 1.29 is 0 Å². The summed E-state index contributed by atoms with van der Waals surface area (Å²) in [6.45, 7) is 0. The van der Waals surface area contributed by atoms with E-state index in [-0.39, 0.29) is 0 Å². The topological polar surface area (TPSA) is 58.0 Å². The van der Waals surface area contributed by atoms with Crippen LogP contribution in [0.25, 0.3) is 144 Å². The van der Waals surface area contributed by atoms with Crippen molar-refractivity contribution in [1.82, 2.24) is 19.9 Å². The highest BCUT2D eigenvalue weighted by molar-refractivity contribution is 5.99. The van der Waals surface area contributed by atoms with Crippen LogP contribution in [0.4, 0.5) is 34.1 Å². The van der Waals surface area contributed by atoms with Crippen molar-refractivity contribution in [2.24, 2.45) is 0 Å². The molecule has 17 aromatic carbocycles. The molecule has 516 valence electrons. The van der Waals surface area contributed by atoms with Gasteiger partial charge in [0.05, 0.1) is 22.4 Å². The Labute approximate surface area is 639 Å². The summed E-state index contributed by atoms with van der Waals surface area (Å²) in [6.07, 6.45) is 1.84. The fourth-order valence-electron chi connectivity index (χ4n) is 16.2. The van der Waals surface area contributed by atoms with Gasteiger partial charge in [-0.15, -0.1) is 0 Å². The van der Waals surface area contributed by atoms with Gasteiger partial charge in [0.2, 0.25) is 0 Å². The third kappa shape index (κ3) is 12.5. The number of nitrogens with zero attached hydrogens (tertiary/aromatic N) is 6. The van der Waals surface area contributed by atoms with E-state index in [1.54, 1.807) is 0 Å². The van der Waals surface area contributed by atoms with Crippen molar-refractivity contribution in [3.05, 3.63) is 423 Å². The monoisotopic (exact) mass is 1400 g/mol. The first-order valence-electron chi connectivity index (χ1n) is 37.6. The van der Waals surface area contributed by atoms with E-state index < -0.39 is 0 Å². The second kappa shape index (κ2) is 28.1. The van der Waals surface area contributed by atoms with E-state index in [1.807, 2.05) is 0 Å². The van der Waals surface area contributed by atoms with Gasteiger partial charge in [0.15, 0.2) is 11.6 Å². The van der Waals surface area contributed by atoms with E-state index in [9.17, 15) is 0 Å². The zero-order chi connectivity index (χ0) is 72.9. The van der Waals surface area contributed by atoms with E-state index in [4.69, 9.17) is 19.9 Å². The Kier molecular flexibility index (Phi) is 16.6. The first-order valence-corrected chi connectivity index (χ1v) is 37.6. The Hall–Kier alpha value is -14.5. The zero-order valence-electron chi connectivity index (χ0n) is 60.2. The minimum atomic E-state index is 0.710. The number of aromatic nitrogens is 4. The molecule has 2 aliphatic carbocycles. The number of anilines is 6. The lowest BCUT2D eigenvalue weighted by Crippen LogP contribution is -2.10. The second-order valence-corrected chi connectivity index (χ2v) is 28.5. The standard InChI is InChI=1S/C55H37N3.C49H33N3/c1-3-11-37(12-4-1)39-19-26-47(27-20-39)58(48-28-21-40(22-29-48)38-13-5-2-6-14-38)49-30-23-41(24-31-49)55-56-53-18-10-9-17-51(53)54(57-55)44-25-32-50-45(34-44)35-46-33-42-15-7-8-16-43(42)36-52(46)50;1-3-11-33(12-4-1)34-19-24-42(25-20-34)52(41-15-5-2-6-16-41)43-26-21-35(22-27-43)49-50-47-18-10-9-17-45(47)48(51-49)38-23-28-44-39(30-38)31-40-29-36-13-7-8-14-37(36)32-46(40)44/h1-34,36H,35H2;1-30,32H,31H2. The minimum absolute atomic E-state index is 0.710. The second-order valence-electron chi connectivity index (χ2n) is 28.5. The molecule has 0 amide bonds. The molecule has 6 nitrogen and oxygen atoms in total. The SMILES string of the molecule is c1ccc(-c2ccc(N(c3ccc(-c4ccccc4)cc3)c3ccc(-c4nc(-c5ccc6c(c5)Cc5cc7ccccc7cc5-6)c5ccccc5n4)cc3)cc2)cc1.c1ccc(-c2ccc(N(c3ccccc3)c3ccc(-c4nc(-c5ccc6c(c5)Cc5cc7ccccc7cc5-6)c5ccccc5n4)cc3)cc2)cc1. The molecule has 19 aromatic rings. The van der Waals surface area contributed by atoms with Crippen LogP contribution in [0.1, 0.15) is 22.3 Å². The number of para-hydroxylation sites is 3. The quantitative estimate of drug-likeness (QED) is 0.115. The lowest BCUT2D eigenvalue weighted by atomic mass is 9.98. The molecule has 6 heteroatoms. The summed E-state index contributed by atoms with van der Waals surface area (Å²) in [5.41, 5.74) is 32.3. The molecule has 0 radical (unpaired) electrons. The maximum atomic E-state index is 5.30. The third-order valence-electron chi connectivity index (χ3n) is 21.7. The zero-order valence-corrected chi connectivity index (χ0v) is 60.2. The molecule has 0 aliphatic heterocycles. The first kappa shape index (κ1) is 65.1. The van der Waals surface area contributed by atoms with Crippen LogP contribution in [0.2, 0.25) is 0 Å². The van der Waals surface area contributed by atoms with Gasteiger partial charge in [-0.2, -0.15) is 0 Å². The predicted molar refractivity (Wildman–Crippen MR) is 458 cm³/mol. The van der Waals surface area contributed by atoms with Crippen LogP contribution < -0.4 is 9.80 Å². The lowest BCUT2D eigenvalue weighted by molar-refractivity contribution is 1.22. The van der Waals surface area contributed by atoms with Crippen molar-refractivity contribution in [2.45, 2.75) is 12.8 Å². The average Bonchev–Trinajstić information content (AvgIpc) is 1.55. The smallest absolute Gasteiger partial charge is 0.160 e. The van der Waals surface area contributed by atoms with Crippen LogP contribution in [-0.2, 0) is 12.8 Å². The predicted octanol–water partition coefficient (Wildman–Crippen LogP) is 27.3. The van der Waals surface area contributed by atoms with Gasteiger partial charge in [-0.1, -0.05) is 267 Å². The van der Waals surface area contributed by atoms with Crippen LogP contribution in [0.3, 0.4) is 0 Å². The fraction of sp³-hybridized carbons (Fsp3) is 0.0192. The summed E-state index contributed by atoms with van der Waals surface area (Å²) in [6, 6.07) is 143. The van der Waals surface area contributed by atoms with Gasteiger partial charge in [-0.05, 0) is 246 Å².